The van der Waals surface area contributed by atoms with E-state index < -0.39 is 5.91 Å². The minimum Gasteiger partial charge on any atom is -0.364 e. The van der Waals surface area contributed by atoms with Crippen LogP contribution in [0.3, 0.4) is 0 Å². The number of primary amides is 1. The van der Waals surface area contributed by atoms with E-state index in [1.54, 1.807) is 11.1 Å². The van der Waals surface area contributed by atoms with Crippen LogP contribution in [0.15, 0.2) is 25.0 Å². The highest BCUT2D eigenvalue weighted by atomic mass is 32.1. The van der Waals surface area contributed by atoms with Crippen molar-refractivity contribution in [1.82, 2.24) is 19.9 Å². The normalized spacial score (nSPS) is 16.2. The summed E-state index contributed by atoms with van der Waals surface area (Å²) in [4.78, 5) is 40.1. The number of hydrogen-bond donors (Lipinski definition) is 2. The highest BCUT2D eigenvalue weighted by molar-refractivity contribution is 7.15. The first-order valence-corrected chi connectivity index (χ1v) is 9.21. The summed E-state index contributed by atoms with van der Waals surface area (Å²) in [5, 5.41) is 4.70. The van der Waals surface area contributed by atoms with Gasteiger partial charge in [0.05, 0.1) is 17.4 Å². The molecule has 1 fully saturated rings. The van der Waals surface area contributed by atoms with Gasteiger partial charge in [0.2, 0.25) is 5.91 Å². The van der Waals surface area contributed by atoms with E-state index in [0.717, 1.165) is 16.4 Å². The number of nitrogens with zero attached hydrogens (tertiary/aromatic N) is 5. The Hall–Kier alpha value is -3.01. The van der Waals surface area contributed by atoms with E-state index in [1.165, 1.54) is 23.6 Å². The number of aryl methyl sites for hydroxylation is 1. The molecular weight excluding hydrogens is 366 g/mol. The fourth-order valence-corrected chi connectivity index (χ4v) is 3.60. The molecule has 3 heterocycles. The van der Waals surface area contributed by atoms with Crippen molar-refractivity contribution in [2.75, 3.05) is 30.4 Å². The molecule has 2 aromatic heterocycles. The van der Waals surface area contributed by atoms with Gasteiger partial charge >= 0.3 is 0 Å². The molecule has 0 bridgehead atoms. The van der Waals surface area contributed by atoms with Crippen LogP contribution in [0.25, 0.3) is 0 Å². The first-order chi connectivity index (χ1) is 12.9. The first-order valence-electron chi connectivity index (χ1n) is 8.39. The zero-order chi connectivity index (χ0) is 19.6. The van der Waals surface area contributed by atoms with E-state index >= 15 is 0 Å². The highest BCUT2D eigenvalue weighted by Gasteiger charge is 2.29. The van der Waals surface area contributed by atoms with Crippen molar-refractivity contribution in [3.63, 3.8) is 0 Å². The zero-order valence-electron chi connectivity index (χ0n) is 15.2. The van der Waals surface area contributed by atoms with Crippen molar-refractivity contribution in [1.29, 1.82) is 0 Å². The molecule has 142 valence electrons. The van der Waals surface area contributed by atoms with Crippen LogP contribution in [0.4, 0.5) is 16.6 Å². The maximum atomic E-state index is 11.8. The SMILES string of the molecule is C=CC(=O)N1CCC(N(C)c2cnc(C(N)=O)c(Nc3cnc(C)s3)n2)C1. The molecule has 2 aromatic rings. The van der Waals surface area contributed by atoms with Gasteiger partial charge in [-0.15, -0.1) is 11.3 Å². The topological polar surface area (TPSA) is 117 Å². The third kappa shape index (κ3) is 4.05. The van der Waals surface area contributed by atoms with Gasteiger partial charge in [-0.25, -0.2) is 15.0 Å². The smallest absolute Gasteiger partial charge is 0.271 e. The van der Waals surface area contributed by atoms with E-state index in [4.69, 9.17) is 5.73 Å². The van der Waals surface area contributed by atoms with Crippen molar-refractivity contribution in [2.45, 2.75) is 19.4 Å². The zero-order valence-corrected chi connectivity index (χ0v) is 16.0. The van der Waals surface area contributed by atoms with E-state index in [0.29, 0.717) is 18.9 Å². The van der Waals surface area contributed by atoms with Crippen LogP contribution in [0.1, 0.15) is 21.9 Å². The lowest BCUT2D eigenvalue weighted by atomic mass is 10.2. The van der Waals surface area contributed by atoms with Crippen molar-refractivity contribution < 1.29 is 9.59 Å². The van der Waals surface area contributed by atoms with Crippen LogP contribution in [-0.2, 0) is 4.79 Å². The van der Waals surface area contributed by atoms with Gasteiger partial charge in [0.25, 0.3) is 5.91 Å². The fraction of sp³-hybridized carbons (Fsp3) is 0.353. The number of likely N-dealkylation sites (N-methyl/N-ethyl adjacent to an activating group) is 1. The second kappa shape index (κ2) is 7.70. The average Bonchev–Trinajstić information content (AvgIpc) is 3.29. The molecule has 27 heavy (non-hydrogen) atoms. The number of thiazole rings is 1. The summed E-state index contributed by atoms with van der Waals surface area (Å²) in [5.41, 5.74) is 5.49. The standard InChI is InChI=1S/C17H21N7O2S/c1-4-14(25)24-6-5-11(9-24)23(3)12-7-20-15(16(18)26)17(21-12)22-13-8-19-10(2)27-13/h4,7-8,11H,1,5-6,9H2,2-3H3,(H2,18,26)(H,21,22). The van der Waals surface area contributed by atoms with E-state index in [1.807, 2.05) is 18.9 Å². The van der Waals surface area contributed by atoms with Crippen LogP contribution in [0, 0.1) is 6.92 Å². The molecule has 0 aliphatic carbocycles. The predicted octanol–water partition coefficient (Wildman–Crippen LogP) is 1.31. The Kier molecular flexibility index (Phi) is 5.36. The molecule has 1 unspecified atom stereocenters. The molecule has 9 nitrogen and oxygen atoms in total. The maximum absolute atomic E-state index is 11.8. The number of aromatic nitrogens is 3. The van der Waals surface area contributed by atoms with Crippen molar-refractivity contribution >= 4 is 39.8 Å². The lowest BCUT2D eigenvalue weighted by Crippen LogP contribution is -2.36. The molecule has 0 spiro atoms. The van der Waals surface area contributed by atoms with Gasteiger partial charge < -0.3 is 20.9 Å². The number of anilines is 3. The third-order valence-electron chi connectivity index (χ3n) is 4.41. The van der Waals surface area contributed by atoms with E-state index in [9.17, 15) is 9.59 Å². The van der Waals surface area contributed by atoms with Gasteiger partial charge in [0.15, 0.2) is 11.5 Å². The Morgan fingerprint density at radius 2 is 2.22 bits per heavy atom. The molecule has 1 saturated heterocycles. The van der Waals surface area contributed by atoms with Crippen LogP contribution in [0.2, 0.25) is 0 Å². The molecule has 1 aliphatic rings. The summed E-state index contributed by atoms with van der Waals surface area (Å²) in [6, 6.07) is 0.0983. The van der Waals surface area contributed by atoms with Crippen LogP contribution in [0.5, 0.6) is 0 Å². The van der Waals surface area contributed by atoms with E-state index in [2.05, 4.69) is 26.8 Å². The summed E-state index contributed by atoms with van der Waals surface area (Å²) in [6.45, 7) is 6.66. The van der Waals surface area contributed by atoms with Gasteiger partial charge in [-0.2, -0.15) is 0 Å². The minimum atomic E-state index is -0.663. The molecule has 3 N–H and O–H groups in total. The van der Waals surface area contributed by atoms with E-state index in [-0.39, 0.29) is 23.5 Å². The summed E-state index contributed by atoms with van der Waals surface area (Å²) in [7, 11) is 1.89. The number of hydrogen-bond acceptors (Lipinski definition) is 8. The second-order valence-electron chi connectivity index (χ2n) is 6.20. The lowest BCUT2D eigenvalue weighted by Gasteiger charge is -2.26. The Morgan fingerprint density at radius 1 is 1.44 bits per heavy atom. The van der Waals surface area contributed by atoms with Gasteiger partial charge in [-0.05, 0) is 19.4 Å². The Labute approximate surface area is 160 Å². The minimum absolute atomic E-state index is 0.0630. The largest absolute Gasteiger partial charge is 0.364 e. The number of nitrogens with two attached hydrogens (primary N) is 1. The highest BCUT2D eigenvalue weighted by Crippen LogP contribution is 2.26. The Balaban J connectivity index is 1.83. The number of carbonyl (C=O) groups excluding carboxylic acids is 2. The number of carbonyl (C=O) groups is 2. The number of amides is 2. The average molecular weight is 387 g/mol. The monoisotopic (exact) mass is 387 g/mol. The van der Waals surface area contributed by atoms with Crippen molar-refractivity contribution in [2.24, 2.45) is 5.73 Å². The van der Waals surface area contributed by atoms with Crippen molar-refractivity contribution in [3.05, 3.63) is 35.8 Å². The third-order valence-corrected chi connectivity index (χ3v) is 5.24. The van der Waals surface area contributed by atoms with Crippen LogP contribution >= 0.6 is 11.3 Å². The Bertz CT molecular complexity index is 882. The van der Waals surface area contributed by atoms with Crippen molar-refractivity contribution in [3.8, 4) is 0 Å². The molecule has 10 heteroatoms. The van der Waals surface area contributed by atoms with Gasteiger partial charge in [0, 0.05) is 26.2 Å². The quantitative estimate of drug-likeness (QED) is 0.718. The summed E-state index contributed by atoms with van der Waals surface area (Å²) >= 11 is 1.44. The second-order valence-corrected chi connectivity index (χ2v) is 7.43. The molecule has 3 rings (SSSR count). The molecular formula is C17H21N7O2S. The molecule has 0 saturated carbocycles. The molecule has 1 aliphatic heterocycles. The number of rotatable bonds is 6. The first kappa shape index (κ1) is 18.8. The van der Waals surface area contributed by atoms with Crippen LogP contribution in [-0.4, -0.2) is 57.8 Å². The Morgan fingerprint density at radius 3 is 2.85 bits per heavy atom. The molecule has 0 radical (unpaired) electrons. The molecule has 2 amide bonds. The number of nitrogens with one attached hydrogen (secondary N) is 1. The predicted molar refractivity (Wildman–Crippen MR) is 104 cm³/mol. The summed E-state index contributed by atoms with van der Waals surface area (Å²) in [6.07, 6.45) is 5.31. The van der Waals surface area contributed by atoms with Gasteiger partial charge in [-0.1, -0.05) is 6.58 Å². The molecule has 1 atom stereocenters. The van der Waals surface area contributed by atoms with Crippen LogP contribution < -0.4 is 16.0 Å². The summed E-state index contributed by atoms with van der Waals surface area (Å²) in [5.74, 6) is 0.127. The van der Waals surface area contributed by atoms with Gasteiger partial charge in [0.1, 0.15) is 10.8 Å². The summed E-state index contributed by atoms with van der Waals surface area (Å²) < 4.78 is 0. The lowest BCUT2D eigenvalue weighted by molar-refractivity contribution is -0.125. The number of likely N-dealkylation sites (tertiary alicyclic amines) is 1. The molecule has 0 aromatic carbocycles. The van der Waals surface area contributed by atoms with Gasteiger partial charge in [-0.3, -0.25) is 9.59 Å². The maximum Gasteiger partial charge on any atom is 0.271 e. The fourth-order valence-electron chi connectivity index (χ4n) is 2.93.